The zero-order chi connectivity index (χ0) is 25.0. The van der Waals surface area contributed by atoms with Gasteiger partial charge in [0.1, 0.15) is 0 Å². The Morgan fingerprint density at radius 1 is 1.14 bits per heavy atom. The summed E-state index contributed by atoms with van der Waals surface area (Å²) in [6.07, 6.45) is 8.24. The van der Waals surface area contributed by atoms with Gasteiger partial charge in [0.05, 0.1) is 0 Å². The van der Waals surface area contributed by atoms with Gasteiger partial charge in [-0.3, -0.25) is 14.9 Å². The number of hydrogen-bond acceptors (Lipinski definition) is 5. The fourth-order valence-electron chi connectivity index (χ4n) is 8.23. The van der Waals surface area contributed by atoms with E-state index in [1.165, 1.54) is 22.3 Å². The van der Waals surface area contributed by atoms with Crippen molar-refractivity contribution < 1.29 is 14.8 Å². The van der Waals surface area contributed by atoms with Gasteiger partial charge < -0.3 is 10.0 Å². The monoisotopic (exact) mass is 478 g/mol. The van der Waals surface area contributed by atoms with Crippen LogP contribution in [0.1, 0.15) is 76.2 Å². The number of benzene rings is 1. The Labute approximate surface area is 208 Å². The predicted molar refractivity (Wildman–Crippen MR) is 137 cm³/mol. The van der Waals surface area contributed by atoms with Crippen molar-refractivity contribution in [1.29, 1.82) is 0 Å². The standard InChI is InChI=1S/C29H38N2O4/c1-28-18-25(19-5-8-21(9-6-19)30(2)3)27-23-12-10-22(33)17-20(23)7-11-24(27)26(28)13-15-29(28,31(34)35)14-4-16-32/h5-6,8-9,17,24-26,32H,4,7,10-16,18H2,1-3H3/t24-,25+,26-,28-,29-/m0/s1. The molecule has 0 radical (unpaired) electrons. The van der Waals surface area contributed by atoms with Crippen LogP contribution < -0.4 is 4.90 Å². The molecule has 2 fully saturated rings. The third kappa shape index (κ3) is 3.67. The first-order valence-corrected chi connectivity index (χ1v) is 13.2. The van der Waals surface area contributed by atoms with Crippen molar-refractivity contribution in [1.82, 2.24) is 0 Å². The van der Waals surface area contributed by atoms with Crippen LogP contribution in [0.2, 0.25) is 0 Å². The molecule has 1 N–H and O–H groups in total. The molecule has 6 heteroatoms. The number of anilines is 1. The lowest BCUT2D eigenvalue weighted by molar-refractivity contribution is -0.591. The molecule has 5 rings (SSSR count). The van der Waals surface area contributed by atoms with E-state index in [0.717, 1.165) is 37.8 Å². The number of ketones is 1. The summed E-state index contributed by atoms with van der Waals surface area (Å²) in [5, 5.41) is 22.3. The summed E-state index contributed by atoms with van der Waals surface area (Å²) in [5.74, 6) is 0.942. The average molecular weight is 479 g/mol. The minimum atomic E-state index is -0.989. The van der Waals surface area contributed by atoms with E-state index in [1.54, 1.807) is 0 Å². The Kier molecular flexibility index (Phi) is 6.15. The molecule has 4 aliphatic carbocycles. The van der Waals surface area contributed by atoms with Gasteiger partial charge in [-0.25, -0.2) is 0 Å². The molecule has 0 aromatic heterocycles. The maximum atomic E-state index is 12.7. The first-order chi connectivity index (χ1) is 16.7. The van der Waals surface area contributed by atoms with E-state index in [2.05, 4.69) is 36.1 Å². The number of nitro groups is 1. The number of hydrogen-bond donors (Lipinski definition) is 1. The summed E-state index contributed by atoms with van der Waals surface area (Å²) in [4.78, 5) is 27.1. The second-order valence-electron chi connectivity index (χ2n) is 11.6. The Balaban J connectivity index is 1.66. The third-order valence-electron chi connectivity index (χ3n) is 9.97. The van der Waals surface area contributed by atoms with Crippen LogP contribution in [-0.4, -0.2) is 42.1 Å². The highest BCUT2D eigenvalue weighted by atomic mass is 16.6. The summed E-state index contributed by atoms with van der Waals surface area (Å²) in [5.41, 5.74) is 5.00. The molecule has 0 bridgehead atoms. The number of fused-ring (bicyclic) bond motifs is 4. The van der Waals surface area contributed by atoms with Gasteiger partial charge >= 0.3 is 0 Å². The first-order valence-electron chi connectivity index (χ1n) is 13.2. The van der Waals surface area contributed by atoms with Crippen molar-refractivity contribution in [2.45, 2.75) is 76.2 Å². The van der Waals surface area contributed by atoms with Crippen LogP contribution in [0.15, 0.2) is 47.1 Å². The minimum Gasteiger partial charge on any atom is -0.396 e. The molecule has 2 saturated carbocycles. The zero-order valence-electron chi connectivity index (χ0n) is 21.3. The normalized spacial score (nSPS) is 34.1. The van der Waals surface area contributed by atoms with Crippen molar-refractivity contribution in [3.63, 3.8) is 0 Å². The lowest BCUT2D eigenvalue weighted by Crippen LogP contribution is -2.55. The van der Waals surface area contributed by atoms with Gasteiger partial charge in [-0.15, -0.1) is 0 Å². The Morgan fingerprint density at radius 2 is 1.89 bits per heavy atom. The second-order valence-corrected chi connectivity index (χ2v) is 11.6. The highest BCUT2D eigenvalue weighted by Crippen LogP contribution is 2.68. The SMILES string of the molecule is CN(C)c1ccc([C@H]2C[C@@]3(C)[C@@H](CC[C@]3(CCCO)[N+](=O)[O-])[C@@H]3CCC4=CC(=O)CCC4=C32)cc1. The van der Waals surface area contributed by atoms with Crippen molar-refractivity contribution in [2.24, 2.45) is 17.3 Å². The molecule has 35 heavy (non-hydrogen) atoms. The molecular weight excluding hydrogens is 440 g/mol. The van der Waals surface area contributed by atoms with Crippen LogP contribution in [0.4, 0.5) is 5.69 Å². The molecule has 0 unspecified atom stereocenters. The highest BCUT2D eigenvalue weighted by Gasteiger charge is 2.69. The third-order valence-corrected chi connectivity index (χ3v) is 9.97. The largest absolute Gasteiger partial charge is 0.396 e. The van der Waals surface area contributed by atoms with Crippen LogP contribution in [-0.2, 0) is 4.79 Å². The van der Waals surface area contributed by atoms with Gasteiger partial charge in [0, 0.05) is 61.9 Å². The summed E-state index contributed by atoms with van der Waals surface area (Å²) in [7, 11) is 4.06. The van der Waals surface area contributed by atoms with E-state index < -0.39 is 11.0 Å². The number of carbonyl (C=O) groups excluding carboxylic acids is 1. The molecule has 4 aliphatic rings. The molecule has 1 aromatic rings. The van der Waals surface area contributed by atoms with E-state index in [1.807, 2.05) is 20.2 Å². The fraction of sp³-hybridized carbons (Fsp3) is 0.621. The molecule has 188 valence electrons. The van der Waals surface area contributed by atoms with E-state index >= 15 is 0 Å². The Hall–Kier alpha value is -2.47. The predicted octanol–water partition coefficient (Wildman–Crippen LogP) is 5.44. The van der Waals surface area contributed by atoms with Crippen LogP contribution in [0.25, 0.3) is 0 Å². The summed E-state index contributed by atoms with van der Waals surface area (Å²) in [6, 6.07) is 8.71. The molecule has 0 spiro atoms. The molecular formula is C29H38N2O4. The quantitative estimate of drug-likeness (QED) is 0.435. The van der Waals surface area contributed by atoms with E-state index in [0.29, 0.717) is 31.6 Å². The van der Waals surface area contributed by atoms with E-state index in [9.17, 15) is 20.0 Å². The first kappa shape index (κ1) is 24.2. The zero-order valence-corrected chi connectivity index (χ0v) is 21.3. The molecule has 0 heterocycles. The van der Waals surface area contributed by atoms with Gasteiger partial charge in [0.25, 0.3) is 0 Å². The van der Waals surface area contributed by atoms with Gasteiger partial charge in [-0.1, -0.05) is 24.6 Å². The molecule has 5 atom stereocenters. The highest BCUT2D eigenvalue weighted by molar-refractivity contribution is 5.93. The number of nitrogens with zero attached hydrogens (tertiary/aromatic N) is 2. The summed E-state index contributed by atoms with van der Waals surface area (Å²) >= 11 is 0. The van der Waals surface area contributed by atoms with Gasteiger partial charge in [0.2, 0.25) is 5.54 Å². The van der Waals surface area contributed by atoms with Gasteiger partial charge in [-0.2, -0.15) is 0 Å². The van der Waals surface area contributed by atoms with Gasteiger partial charge in [0.15, 0.2) is 5.78 Å². The topological polar surface area (TPSA) is 83.7 Å². The number of aliphatic hydroxyl groups excluding tert-OH is 1. The lowest BCUT2D eigenvalue weighted by Gasteiger charge is -2.53. The molecule has 0 amide bonds. The number of carbonyl (C=O) groups is 1. The Bertz CT molecular complexity index is 1090. The maximum absolute atomic E-state index is 12.7. The number of rotatable bonds is 6. The smallest absolute Gasteiger partial charge is 0.227 e. The van der Waals surface area contributed by atoms with Crippen LogP contribution in [0.5, 0.6) is 0 Å². The van der Waals surface area contributed by atoms with Crippen LogP contribution in [0.3, 0.4) is 0 Å². The van der Waals surface area contributed by atoms with Crippen molar-refractivity contribution in [3.8, 4) is 0 Å². The summed E-state index contributed by atoms with van der Waals surface area (Å²) < 4.78 is 0. The van der Waals surface area contributed by atoms with Crippen LogP contribution in [0, 0.1) is 27.4 Å². The summed E-state index contributed by atoms with van der Waals surface area (Å²) in [6.45, 7) is 2.18. The average Bonchev–Trinajstić information content (AvgIpc) is 3.14. The number of aliphatic hydroxyl groups is 1. The number of allylic oxidation sites excluding steroid dienone is 4. The molecule has 0 saturated heterocycles. The molecule has 1 aromatic carbocycles. The van der Waals surface area contributed by atoms with Crippen molar-refractivity contribution in [2.75, 3.05) is 25.6 Å². The van der Waals surface area contributed by atoms with Crippen molar-refractivity contribution in [3.05, 3.63) is 62.7 Å². The van der Waals surface area contributed by atoms with Crippen LogP contribution >= 0.6 is 0 Å². The second kappa shape index (κ2) is 8.88. The van der Waals surface area contributed by atoms with E-state index in [-0.39, 0.29) is 29.1 Å². The maximum Gasteiger partial charge on any atom is 0.227 e. The minimum absolute atomic E-state index is 0.00727. The Morgan fingerprint density at radius 3 is 2.54 bits per heavy atom. The lowest BCUT2D eigenvalue weighted by atomic mass is 9.50. The van der Waals surface area contributed by atoms with E-state index in [4.69, 9.17) is 0 Å². The van der Waals surface area contributed by atoms with Gasteiger partial charge in [-0.05, 0) is 85.3 Å². The fourth-order valence-corrected chi connectivity index (χ4v) is 8.23. The molecule has 6 nitrogen and oxygen atoms in total. The van der Waals surface area contributed by atoms with Crippen molar-refractivity contribution >= 4 is 11.5 Å². The molecule has 0 aliphatic heterocycles.